The van der Waals surface area contributed by atoms with Crippen LogP contribution >= 0.6 is 0 Å². The lowest BCUT2D eigenvalue weighted by Gasteiger charge is -2.24. The number of nitriles is 1. The van der Waals surface area contributed by atoms with Gasteiger partial charge in [-0.15, -0.1) is 0 Å². The van der Waals surface area contributed by atoms with Gasteiger partial charge in [0.25, 0.3) is 0 Å². The average molecular weight is 248 g/mol. The predicted molar refractivity (Wildman–Crippen MR) is 68.3 cm³/mol. The third kappa shape index (κ3) is 3.10. The third-order valence-corrected chi connectivity index (χ3v) is 2.54. The van der Waals surface area contributed by atoms with Crippen LogP contribution in [-0.2, 0) is 0 Å². The van der Waals surface area contributed by atoms with Gasteiger partial charge in [-0.25, -0.2) is 9.78 Å². The summed E-state index contributed by atoms with van der Waals surface area (Å²) in [6.45, 7) is 4.90. The van der Waals surface area contributed by atoms with Crippen molar-refractivity contribution in [1.82, 2.24) is 4.98 Å². The second-order valence-corrected chi connectivity index (χ2v) is 4.01. The SMILES string of the molecule is CCN(CC(C)C#N)c1ncc(C(=O)O)cc1N. The molecule has 1 aromatic heterocycles. The summed E-state index contributed by atoms with van der Waals surface area (Å²) in [6, 6.07) is 3.52. The standard InChI is InChI=1S/C12H16N4O2/c1-3-16(7-8(2)5-13)11-10(14)4-9(6-15-11)12(17)18/h4,6,8H,3,7,14H2,1-2H3,(H,17,18). The summed E-state index contributed by atoms with van der Waals surface area (Å²) in [5, 5.41) is 17.6. The van der Waals surface area contributed by atoms with E-state index in [1.165, 1.54) is 12.3 Å². The molecule has 0 amide bonds. The highest BCUT2D eigenvalue weighted by Crippen LogP contribution is 2.21. The van der Waals surface area contributed by atoms with Crippen molar-refractivity contribution >= 4 is 17.5 Å². The molecule has 96 valence electrons. The zero-order chi connectivity index (χ0) is 13.7. The van der Waals surface area contributed by atoms with E-state index in [-0.39, 0.29) is 11.5 Å². The topological polar surface area (TPSA) is 103 Å². The van der Waals surface area contributed by atoms with Gasteiger partial charge < -0.3 is 15.7 Å². The summed E-state index contributed by atoms with van der Waals surface area (Å²) in [6.07, 6.45) is 1.27. The Bertz CT molecular complexity index is 481. The third-order valence-electron chi connectivity index (χ3n) is 2.54. The number of hydrogen-bond acceptors (Lipinski definition) is 5. The van der Waals surface area contributed by atoms with Gasteiger partial charge in [0.05, 0.1) is 23.2 Å². The highest BCUT2D eigenvalue weighted by molar-refractivity contribution is 5.89. The lowest BCUT2D eigenvalue weighted by Crippen LogP contribution is -2.29. The lowest BCUT2D eigenvalue weighted by molar-refractivity contribution is 0.0696. The van der Waals surface area contributed by atoms with E-state index in [0.29, 0.717) is 24.6 Å². The number of rotatable bonds is 5. The van der Waals surface area contributed by atoms with E-state index >= 15 is 0 Å². The van der Waals surface area contributed by atoms with Crippen molar-refractivity contribution in [3.05, 3.63) is 17.8 Å². The van der Waals surface area contributed by atoms with Crippen LogP contribution in [0.5, 0.6) is 0 Å². The van der Waals surface area contributed by atoms with Crippen molar-refractivity contribution in [2.24, 2.45) is 5.92 Å². The molecule has 1 rings (SSSR count). The average Bonchev–Trinajstić information content (AvgIpc) is 2.35. The predicted octanol–water partition coefficient (Wildman–Crippen LogP) is 1.35. The first-order valence-corrected chi connectivity index (χ1v) is 5.63. The van der Waals surface area contributed by atoms with Gasteiger partial charge in [-0.1, -0.05) is 0 Å². The van der Waals surface area contributed by atoms with Crippen LogP contribution < -0.4 is 10.6 Å². The largest absolute Gasteiger partial charge is 0.478 e. The highest BCUT2D eigenvalue weighted by Gasteiger charge is 2.15. The summed E-state index contributed by atoms with van der Waals surface area (Å²) in [5.74, 6) is -0.691. The minimum absolute atomic E-state index is 0.0561. The molecule has 0 radical (unpaired) electrons. The first kappa shape index (κ1) is 13.8. The number of nitrogens with two attached hydrogens (primary N) is 1. The van der Waals surface area contributed by atoms with Crippen LogP contribution in [-0.4, -0.2) is 29.1 Å². The van der Waals surface area contributed by atoms with Crippen molar-refractivity contribution < 1.29 is 9.90 Å². The Morgan fingerprint density at radius 3 is 2.83 bits per heavy atom. The van der Waals surface area contributed by atoms with Gasteiger partial charge in [-0.05, 0) is 19.9 Å². The van der Waals surface area contributed by atoms with Crippen LogP contribution in [0.2, 0.25) is 0 Å². The Morgan fingerprint density at radius 2 is 2.39 bits per heavy atom. The quantitative estimate of drug-likeness (QED) is 0.815. The van der Waals surface area contributed by atoms with Crippen molar-refractivity contribution in [3.63, 3.8) is 0 Å². The molecular formula is C12H16N4O2. The first-order valence-electron chi connectivity index (χ1n) is 5.63. The number of anilines is 2. The second-order valence-electron chi connectivity index (χ2n) is 4.01. The van der Waals surface area contributed by atoms with E-state index in [2.05, 4.69) is 11.1 Å². The Balaban J connectivity index is 3.00. The minimum atomic E-state index is -1.06. The van der Waals surface area contributed by atoms with Crippen molar-refractivity contribution in [1.29, 1.82) is 5.26 Å². The molecule has 0 aliphatic rings. The van der Waals surface area contributed by atoms with Gasteiger partial charge in [0.1, 0.15) is 0 Å². The second kappa shape index (κ2) is 5.87. The van der Waals surface area contributed by atoms with Crippen LogP contribution in [0.1, 0.15) is 24.2 Å². The van der Waals surface area contributed by atoms with Crippen LogP contribution in [0.25, 0.3) is 0 Å². The summed E-state index contributed by atoms with van der Waals surface area (Å²) >= 11 is 0. The van der Waals surface area contributed by atoms with Gasteiger partial charge in [-0.3, -0.25) is 0 Å². The molecule has 1 aromatic rings. The molecule has 0 saturated carbocycles. The van der Waals surface area contributed by atoms with E-state index in [4.69, 9.17) is 16.1 Å². The number of nitrogens with zero attached hydrogens (tertiary/aromatic N) is 3. The number of pyridine rings is 1. The maximum atomic E-state index is 10.8. The molecule has 1 atom stereocenters. The van der Waals surface area contributed by atoms with E-state index in [1.54, 1.807) is 0 Å². The molecule has 0 bridgehead atoms. The number of carboxylic acid groups (broad SMARTS) is 1. The summed E-state index contributed by atoms with van der Waals surface area (Å²) in [4.78, 5) is 16.7. The Morgan fingerprint density at radius 1 is 1.72 bits per heavy atom. The molecule has 0 aliphatic heterocycles. The minimum Gasteiger partial charge on any atom is -0.478 e. The fraction of sp³-hybridized carbons (Fsp3) is 0.417. The lowest BCUT2D eigenvalue weighted by atomic mass is 10.2. The smallest absolute Gasteiger partial charge is 0.337 e. The van der Waals surface area contributed by atoms with Crippen molar-refractivity contribution in [2.75, 3.05) is 23.7 Å². The van der Waals surface area contributed by atoms with Gasteiger partial charge in [0.2, 0.25) is 0 Å². The summed E-state index contributed by atoms with van der Waals surface area (Å²) in [5.41, 5.74) is 6.17. The molecule has 1 heterocycles. The van der Waals surface area contributed by atoms with E-state index < -0.39 is 5.97 Å². The van der Waals surface area contributed by atoms with Gasteiger partial charge >= 0.3 is 5.97 Å². The summed E-state index contributed by atoms with van der Waals surface area (Å²) in [7, 11) is 0. The summed E-state index contributed by atoms with van der Waals surface area (Å²) < 4.78 is 0. The molecule has 0 fully saturated rings. The number of hydrogen-bond donors (Lipinski definition) is 2. The maximum Gasteiger partial charge on any atom is 0.337 e. The van der Waals surface area contributed by atoms with Gasteiger partial charge in [-0.2, -0.15) is 5.26 Å². The van der Waals surface area contributed by atoms with Crippen LogP contribution in [0.15, 0.2) is 12.3 Å². The van der Waals surface area contributed by atoms with E-state index in [9.17, 15) is 4.79 Å². The number of nitrogen functional groups attached to an aromatic ring is 1. The van der Waals surface area contributed by atoms with Crippen LogP contribution in [0.4, 0.5) is 11.5 Å². The zero-order valence-corrected chi connectivity index (χ0v) is 10.4. The number of aromatic nitrogens is 1. The molecule has 0 saturated heterocycles. The van der Waals surface area contributed by atoms with Crippen molar-refractivity contribution in [2.45, 2.75) is 13.8 Å². The Kier molecular flexibility index (Phi) is 4.49. The fourth-order valence-electron chi connectivity index (χ4n) is 1.59. The number of aromatic carboxylic acids is 1. The van der Waals surface area contributed by atoms with Gasteiger partial charge in [0, 0.05) is 19.3 Å². The zero-order valence-electron chi connectivity index (χ0n) is 10.4. The van der Waals surface area contributed by atoms with E-state index in [1.807, 2.05) is 18.7 Å². The van der Waals surface area contributed by atoms with E-state index in [0.717, 1.165) is 0 Å². The van der Waals surface area contributed by atoms with Crippen LogP contribution in [0.3, 0.4) is 0 Å². The molecule has 0 aliphatic carbocycles. The normalized spacial score (nSPS) is 11.6. The molecule has 0 aromatic carbocycles. The Hall–Kier alpha value is -2.29. The number of carboxylic acids is 1. The first-order chi connectivity index (χ1) is 8.49. The molecule has 0 spiro atoms. The van der Waals surface area contributed by atoms with Crippen molar-refractivity contribution in [3.8, 4) is 6.07 Å². The molecule has 6 nitrogen and oxygen atoms in total. The van der Waals surface area contributed by atoms with Crippen LogP contribution in [0, 0.1) is 17.2 Å². The maximum absolute atomic E-state index is 10.8. The molecule has 18 heavy (non-hydrogen) atoms. The molecule has 6 heteroatoms. The molecule has 3 N–H and O–H groups in total. The monoisotopic (exact) mass is 248 g/mol. The van der Waals surface area contributed by atoms with Gasteiger partial charge in [0.15, 0.2) is 5.82 Å². The number of carbonyl (C=O) groups is 1. The Labute approximate surface area is 106 Å². The highest BCUT2D eigenvalue weighted by atomic mass is 16.4. The molecular weight excluding hydrogens is 232 g/mol. The fourth-order valence-corrected chi connectivity index (χ4v) is 1.59. The molecule has 1 unspecified atom stereocenters.